The van der Waals surface area contributed by atoms with Crippen LogP contribution >= 0.6 is 23.4 Å². The fraction of sp³-hybridized carbons (Fsp3) is 0.385. The van der Waals surface area contributed by atoms with Crippen molar-refractivity contribution in [2.24, 2.45) is 0 Å². The van der Waals surface area contributed by atoms with Crippen molar-refractivity contribution in [2.75, 3.05) is 0 Å². The standard InChI is InChI=1S/C13H12ClN5S/c14-10-5-6-12(9(7-10)8-15)20-13-16-17-18-19(13)11-3-1-2-4-11/h5-7,11H,1-4H2. The van der Waals surface area contributed by atoms with E-state index >= 15 is 0 Å². The number of hydrogen-bond acceptors (Lipinski definition) is 5. The predicted octanol–water partition coefficient (Wildman–Crippen LogP) is 3.46. The molecule has 1 fully saturated rings. The van der Waals surface area contributed by atoms with E-state index in [1.54, 1.807) is 12.1 Å². The monoisotopic (exact) mass is 305 g/mol. The Hall–Kier alpha value is -1.58. The van der Waals surface area contributed by atoms with Crippen molar-refractivity contribution in [3.63, 3.8) is 0 Å². The van der Waals surface area contributed by atoms with Gasteiger partial charge in [0.1, 0.15) is 6.07 Å². The fourth-order valence-corrected chi connectivity index (χ4v) is 3.48. The summed E-state index contributed by atoms with van der Waals surface area (Å²) >= 11 is 7.32. The lowest BCUT2D eigenvalue weighted by molar-refractivity contribution is 0.423. The number of benzene rings is 1. The Morgan fingerprint density at radius 1 is 1.35 bits per heavy atom. The van der Waals surface area contributed by atoms with Crippen molar-refractivity contribution in [3.05, 3.63) is 28.8 Å². The summed E-state index contributed by atoms with van der Waals surface area (Å²) < 4.78 is 1.88. The summed E-state index contributed by atoms with van der Waals surface area (Å²) in [6.07, 6.45) is 4.67. The Balaban J connectivity index is 1.89. The Bertz CT molecular complexity index is 657. The van der Waals surface area contributed by atoms with Crippen LogP contribution in [-0.4, -0.2) is 20.2 Å². The zero-order valence-corrected chi connectivity index (χ0v) is 12.2. The van der Waals surface area contributed by atoms with E-state index in [0.717, 1.165) is 22.9 Å². The molecule has 20 heavy (non-hydrogen) atoms. The molecule has 1 aromatic carbocycles. The van der Waals surface area contributed by atoms with Crippen LogP contribution in [0.1, 0.15) is 37.3 Å². The van der Waals surface area contributed by atoms with Gasteiger partial charge < -0.3 is 0 Å². The minimum Gasteiger partial charge on any atom is -0.217 e. The topological polar surface area (TPSA) is 67.4 Å². The first-order chi connectivity index (χ1) is 9.78. The van der Waals surface area contributed by atoms with Gasteiger partial charge in [0.05, 0.1) is 11.6 Å². The summed E-state index contributed by atoms with van der Waals surface area (Å²) in [5.41, 5.74) is 0.545. The molecule has 0 unspecified atom stereocenters. The maximum atomic E-state index is 9.17. The molecule has 0 bridgehead atoms. The molecular weight excluding hydrogens is 294 g/mol. The van der Waals surface area contributed by atoms with E-state index in [1.807, 2.05) is 10.7 Å². The van der Waals surface area contributed by atoms with Gasteiger partial charge in [-0.15, -0.1) is 5.10 Å². The van der Waals surface area contributed by atoms with E-state index in [0.29, 0.717) is 16.6 Å². The summed E-state index contributed by atoms with van der Waals surface area (Å²) in [4.78, 5) is 0.825. The van der Waals surface area contributed by atoms with Gasteiger partial charge in [0, 0.05) is 9.92 Å². The smallest absolute Gasteiger partial charge is 0.214 e. The second-order valence-corrected chi connectivity index (χ2v) is 6.14. The van der Waals surface area contributed by atoms with Crippen LogP contribution in [0.25, 0.3) is 0 Å². The van der Waals surface area contributed by atoms with Crippen molar-refractivity contribution in [1.29, 1.82) is 5.26 Å². The molecule has 1 aliphatic rings. The maximum Gasteiger partial charge on any atom is 0.214 e. The zero-order chi connectivity index (χ0) is 13.9. The van der Waals surface area contributed by atoms with E-state index in [4.69, 9.17) is 11.6 Å². The van der Waals surface area contributed by atoms with E-state index in [2.05, 4.69) is 21.6 Å². The van der Waals surface area contributed by atoms with Gasteiger partial charge in [-0.1, -0.05) is 24.4 Å². The van der Waals surface area contributed by atoms with Gasteiger partial charge in [0.25, 0.3) is 0 Å². The molecule has 0 spiro atoms. The molecular formula is C13H12ClN5S. The average Bonchev–Trinajstić information content (AvgIpc) is 3.11. The van der Waals surface area contributed by atoms with Gasteiger partial charge in [-0.3, -0.25) is 0 Å². The van der Waals surface area contributed by atoms with Crippen LogP contribution in [0.15, 0.2) is 28.3 Å². The molecule has 3 rings (SSSR count). The maximum absolute atomic E-state index is 9.17. The molecule has 102 valence electrons. The largest absolute Gasteiger partial charge is 0.217 e. The molecule has 0 saturated heterocycles. The second-order valence-electron chi connectivity index (χ2n) is 4.70. The third kappa shape index (κ3) is 2.65. The van der Waals surface area contributed by atoms with Crippen LogP contribution in [0.2, 0.25) is 5.02 Å². The summed E-state index contributed by atoms with van der Waals surface area (Å²) in [5.74, 6) is 0. The SMILES string of the molecule is N#Cc1cc(Cl)ccc1Sc1nnnn1C1CCCC1. The first kappa shape index (κ1) is 13.4. The lowest BCUT2D eigenvalue weighted by atomic mass is 10.2. The number of nitrogens with zero attached hydrogens (tertiary/aromatic N) is 5. The van der Waals surface area contributed by atoms with Crippen molar-refractivity contribution < 1.29 is 0 Å². The molecule has 5 nitrogen and oxygen atoms in total. The molecule has 1 aromatic heterocycles. The third-order valence-corrected chi connectivity index (χ3v) is 4.66. The van der Waals surface area contributed by atoms with Gasteiger partial charge in [0.15, 0.2) is 0 Å². The lowest BCUT2D eigenvalue weighted by Crippen LogP contribution is -2.08. The normalized spacial score (nSPS) is 15.4. The first-order valence-electron chi connectivity index (χ1n) is 6.43. The number of rotatable bonds is 3. The van der Waals surface area contributed by atoms with Crippen molar-refractivity contribution in [1.82, 2.24) is 20.2 Å². The summed E-state index contributed by atoms with van der Waals surface area (Å²) in [5, 5.41) is 22.4. The highest BCUT2D eigenvalue weighted by Gasteiger charge is 2.22. The van der Waals surface area contributed by atoms with Crippen molar-refractivity contribution in [2.45, 2.75) is 41.8 Å². The van der Waals surface area contributed by atoms with Crippen LogP contribution in [0, 0.1) is 11.3 Å². The summed E-state index contributed by atoms with van der Waals surface area (Å²) in [6.45, 7) is 0. The minimum absolute atomic E-state index is 0.380. The number of aromatic nitrogens is 4. The molecule has 1 aliphatic carbocycles. The van der Waals surface area contributed by atoms with E-state index in [-0.39, 0.29) is 0 Å². The number of hydrogen-bond donors (Lipinski definition) is 0. The summed E-state index contributed by atoms with van der Waals surface area (Å²) in [6, 6.07) is 7.80. The van der Waals surface area contributed by atoms with Gasteiger partial charge in [-0.25, -0.2) is 4.68 Å². The average molecular weight is 306 g/mol. The highest BCUT2D eigenvalue weighted by Crippen LogP contribution is 2.35. The van der Waals surface area contributed by atoms with Gasteiger partial charge in [-0.2, -0.15) is 5.26 Å². The Morgan fingerprint density at radius 3 is 2.90 bits per heavy atom. The van der Waals surface area contributed by atoms with Crippen molar-refractivity contribution in [3.8, 4) is 6.07 Å². The second kappa shape index (κ2) is 5.81. The molecule has 2 aromatic rings. The molecule has 0 N–H and O–H groups in total. The highest BCUT2D eigenvalue weighted by atomic mass is 35.5. The van der Waals surface area contributed by atoms with Crippen LogP contribution in [0.5, 0.6) is 0 Å². The molecule has 7 heteroatoms. The van der Waals surface area contributed by atoms with E-state index < -0.39 is 0 Å². The highest BCUT2D eigenvalue weighted by molar-refractivity contribution is 7.99. The quantitative estimate of drug-likeness (QED) is 0.868. The zero-order valence-electron chi connectivity index (χ0n) is 10.7. The lowest BCUT2D eigenvalue weighted by Gasteiger charge is -2.11. The molecule has 1 saturated carbocycles. The fourth-order valence-electron chi connectivity index (χ4n) is 2.41. The van der Waals surface area contributed by atoms with E-state index in [9.17, 15) is 5.26 Å². The van der Waals surface area contributed by atoms with Crippen molar-refractivity contribution >= 4 is 23.4 Å². The van der Waals surface area contributed by atoms with Crippen LogP contribution < -0.4 is 0 Å². The molecule has 0 aliphatic heterocycles. The number of halogens is 1. The minimum atomic E-state index is 0.380. The first-order valence-corrected chi connectivity index (χ1v) is 7.63. The molecule has 0 atom stereocenters. The summed E-state index contributed by atoms with van der Waals surface area (Å²) in [7, 11) is 0. The van der Waals surface area contributed by atoms with Crippen LogP contribution in [-0.2, 0) is 0 Å². The van der Waals surface area contributed by atoms with Gasteiger partial charge in [-0.05, 0) is 53.2 Å². The molecule has 0 radical (unpaired) electrons. The van der Waals surface area contributed by atoms with Gasteiger partial charge >= 0.3 is 0 Å². The number of tetrazole rings is 1. The Labute approximate surface area is 125 Å². The van der Waals surface area contributed by atoms with Crippen LogP contribution in [0.3, 0.4) is 0 Å². The van der Waals surface area contributed by atoms with Crippen LogP contribution in [0.4, 0.5) is 0 Å². The predicted molar refractivity (Wildman–Crippen MR) is 75.6 cm³/mol. The van der Waals surface area contributed by atoms with E-state index in [1.165, 1.54) is 24.6 Å². The molecule has 0 amide bonds. The van der Waals surface area contributed by atoms with Gasteiger partial charge in [0.2, 0.25) is 5.16 Å². The Kier molecular flexibility index (Phi) is 3.90. The third-order valence-electron chi connectivity index (χ3n) is 3.40. The number of nitriles is 1. The Morgan fingerprint density at radius 2 is 2.15 bits per heavy atom. The molecule has 1 heterocycles.